The normalized spacial score (nSPS) is 33.2. The lowest BCUT2D eigenvalue weighted by Gasteiger charge is -2.23. The molecule has 0 N–H and O–H groups in total. The highest BCUT2D eigenvalue weighted by Gasteiger charge is 2.53. The minimum absolute atomic E-state index is 0.0150. The van der Waals surface area contributed by atoms with Gasteiger partial charge in [-0.2, -0.15) is 13.2 Å². The van der Waals surface area contributed by atoms with Crippen molar-refractivity contribution in [3.8, 4) is 0 Å². The lowest BCUT2D eigenvalue weighted by Crippen LogP contribution is -2.33. The molecule has 1 atom stereocenters. The van der Waals surface area contributed by atoms with Crippen LogP contribution in [-0.2, 0) is 0 Å². The summed E-state index contributed by atoms with van der Waals surface area (Å²) in [4.78, 5) is 0. The van der Waals surface area contributed by atoms with Gasteiger partial charge in [0.1, 0.15) is 0 Å². The van der Waals surface area contributed by atoms with Crippen LogP contribution in [0, 0.1) is 0 Å². The predicted molar refractivity (Wildman–Crippen MR) is 39.1 cm³/mol. The molecule has 0 saturated heterocycles. The second kappa shape index (κ2) is 2.44. The van der Waals surface area contributed by atoms with E-state index < -0.39 is 9.83 Å². The summed E-state index contributed by atoms with van der Waals surface area (Å²) >= 11 is 3.40. The number of allylic oxidation sites excluding steroid dienone is 1. The second-order valence-corrected chi connectivity index (χ2v) is 5.00. The number of alkyl halides is 4. The van der Waals surface area contributed by atoms with Crippen LogP contribution in [0.15, 0.2) is 11.5 Å². The van der Waals surface area contributed by atoms with Gasteiger partial charge < -0.3 is 0 Å². The molecule has 0 nitrogen and oxygen atoms in total. The van der Waals surface area contributed by atoms with Gasteiger partial charge in [0.05, 0.1) is 0 Å². The Balaban J connectivity index is 2.71. The van der Waals surface area contributed by atoms with E-state index >= 15 is 0 Å². The minimum Gasteiger partial charge on any atom is -0.168 e. The van der Waals surface area contributed by atoms with Crippen LogP contribution in [0.1, 0.15) is 6.42 Å². The van der Waals surface area contributed by atoms with Gasteiger partial charge in [0.2, 0.25) is 0 Å². The van der Waals surface area contributed by atoms with E-state index in [0.29, 0.717) is 0 Å². The molecule has 1 rings (SSSR count). The smallest absolute Gasteiger partial charge is 0.168 e. The maximum Gasteiger partial charge on any atom is 0.413 e. The molecule has 0 fully saturated rings. The van der Waals surface area contributed by atoms with Gasteiger partial charge >= 0.3 is 6.18 Å². The SMILES string of the molecule is FC(F)(F)C1(Br)CC=CS1. The molecule has 0 aromatic heterocycles. The molecule has 1 unspecified atom stereocenters. The minimum atomic E-state index is -4.17. The second-order valence-electron chi connectivity index (χ2n) is 1.92. The van der Waals surface area contributed by atoms with Gasteiger partial charge in [-0.3, -0.25) is 0 Å². The first-order chi connectivity index (χ1) is 4.46. The van der Waals surface area contributed by atoms with Crippen molar-refractivity contribution in [2.24, 2.45) is 0 Å². The van der Waals surface area contributed by atoms with Gasteiger partial charge in [-0.25, -0.2) is 0 Å². The molecular formula is C5H4BrF3S. The highest BCUT2D eigenvalue weighted by Crippen LogP contribution is 2.52. The van der Waals surface area contributed by atoms with Crippen LogP contribution in [0.3, 0.4) is 0 Å². The molecule has 0 aromatic carbocycles. The summed E-state index contributed by atoms with van der Waals surface area (Å²) in [5.74, 6) is 0. The zero-order valence-corrected chi connectivity index (χ0v) is 7.18. The Morgan fingerprint density at radius 3 is 2.30 bits per heavy atom. The van der Waals surface area contributed by atoms with Crippen molar-refractivity contribution >= 4 is 27.7 Å². The van der Waals surface area contributed by atoms with Crippen LogP contribution in [0.25, 0.3) is 0 Å². The Bertz CT molecular complexity index is 155. The fourth-order valence-corrected chi connectivity index (χ4v) is 1.83. The zero-order valence-electron chi connectivity index (χ0n) is 4.78. The maximum absolute atomic E-state index is 12.0. The van der Waals surface area contributed by atoms with Crippen LogP contribution in [0.4, 0.5) is 13.2 Å². The van der Waals surface area contributed by atoms with E-state index in [4.69, 9.17) is 0 Å². The van der Waals surface area contributed by atoms with Crippen LogP contribution < -0.4 is 0 Å². The predicted octanol–water partition coefficient (Wildman–Crippen LogP) is 3.29. The Labute approximate surface area is 69.0 Å². The lowest BCUT2D eigenvalue weighted by atomic mass is 10.3. The molecule has 1 heterocycles. The molecule has 1 aliphatic rings. The van der Waals surface area contributed by atoms with Crippen molar-refractivity contribution in [2.45, 2.75) is 16.3 Å². The molecule has 58 valence electrons. The summed E-state index contributed by atoms with van der Waals surface area (Å²) < 4.78 is 34.4. The first kappa shape index (κ1) is 8.46. The third kappa shape index (κ3) is 1.34. The molecule has 0 spiro atoms. The van der Waals surface area contributed by atoms with E-state index in [9.17, 15) is 13.2 Å². The summed E-state index contributed by atoms with van der Waals surface area (Å²) in [6.45, 7) is 0. The van der Waals surface area contributed by atoms with Gasteiger partial charge in [0, 0.05) is 0 Å². The maximum atomic E-state index is 12.0. The van der Waals surface area contributed by atoms with Crippen molar-refractivity contribution in [3.05, 3.63) is 11.5 Å². The monoisotopic (exact) mass is 232 g/mol. The van der Waals surface area contributed by atoms with Crippen LogP contribution >= 0.6 is 27.7 Å². The van der Waals surface area contributed by atoms with Gasteiger partial charge in [0.15, 0.2) is 3.66 Å². The molecule has 5 heteroatoms. The highest BCUT2D eigenvalue weighted by molar-refractivity contribution is 9.12. The lowest BCUT2D eigenvalue weighted by molar-refractivity contribution is -0.134. The topological polar surface area (TPSA) is 0 Å². The fourth-order valence-electron chi connectivity index (χ4n) is 0.586. The van der Waals surface area contributed by atoms with E-state index in [1.54, 1.807) is 0 Å². The van der Waals surface area contributed by atoms with Gasteiger partial charge in [0.25, 0.3) is 0 Å². The molecule has 0 bridgehead atoms. The number of hydrogen-bond acceptors (Lipinski definition) is 1. The summed E-state index contributed by atoms with van der Waals surface area (Å²) in [6, 6.07) is 0. The van der Waals surface area contributed by atoms with Gasteiger partial charge in [-0.05, 0) is 11.8 Å². The largest absolute Gasteiger partial charge is 0.413 e. The van der Waals surface area contributed by atoms with Gasteiger partial charge in [-0.1, -0.05) is 22.0 Å². The van der Waals surface area contributed by atoms with Crippen LogP contribution in [0.5, 0.6) is 0 Å². The van der Waals surface area contributed by atoms with Crippen molar-refractivity contribution in [1.29, 1.82) is 0 Å². The first-order valence-corrected chi connectivity index (χ1v) is 4.21. The Hall–Kier alpha value is 0.360. The Kier molecular flexibility index (Phi) is 2.07. The average molecular weight is 233 g/mol. The molecule has 0 aromatic rings. The van der Waals surface area contributed by atoms with Crippen molar-refractivity contribution in [1.82, 2.24) is 0 Å². The summed E-state index contributed by atoms with van der Waals surface area (Å²) in [7, 11) is 0. The highest BCUT2D eigenvalue weighted by atomic mass is 79.9. The Morgan fingerprint density at radius 1 is 1.50 bits per heavy atom. The van der Waals surface area contributed by atoms with Crippen molar-refractivity contribution in [2.75, 3.05) is 0 Å². The van der Waals surface area contributed by atoms with E-state index in [2.05, 4.69) is 15.9 Å². The fraction of sp³-hybridized carbons (Fsp3) is 0.600. The zero-order chi connectivity index (χ0) is 7.83. The number of rotatable bonds is 0. The number of thioether (sulfide) groups is 1. The molecule has 0 amide bonds. The average Bonchev–Trinajstić information content (AvgIpc) is 2.13. The van der Waals surface area contributed by atoms with E-state index in [1.807, 2.05) is 0 Å². The number of hydrogen-bond donors (Lipinski definition) is 0. The third-order valence-corrected chi connectivity index (χ3v) is 3.59. The van der Waals surface area contributed by atoms with Gasteiger partial charge in [-0.15, -0.1) is 11.8 Å². The van der Waals surface area contributed by atoms with E-state index in [0.717, 1.165) is 11.8 Å². The molecule has 10 heavy (non-hydrogen) atoms. The number of halogens is 4. The van der Waals surface area contributed by atoms with Crippen molar-refractivity contribution in [3.63, 3.8) is 0 Å². The Morgan fingerprint density at radius 2 is 2.10 bits per heavy atom. The molecule has 0 aliphatic carbocycles. The van der Waals surface area contributed by atoms with E-state index in [-0.39, 0.29) is 6.42 Å². The van der Waals surface area contributed by atoms with E-state index in [1.165, 1.54) is 11.5 Å². The molecular weight excluding hydrogens is 229 g/mol. The van der Waals surface area contributed by atoms with Crippen LogP contribution in [-0.4, -0.2) is 9.83 Å². The summed E-state index contributed by atoms with van der Waals surface area (Å²) in [5.41, 5.74) is 0. The third-order valence-electron chi connectivity index (χ3n) is 1.15. The molecule has 1 aliphatic heterocycles. The molecule has 0 saturated carbocycles. The standard InChI is InChI=1S/C5H4BrF3S/c6-4(5(7,8)9)2-1-3-10-4/h1,3H,2H2. The van der Waals surface area contributed by atoms with Crippen molar-refractivity contribution < 1.29 is 13.2 Å². The van der Waals surface area contributed by atoms with Crippen LogP contribution in [0.2, 0.25) is 0 Å². The first-order valence-electron chi connectivity index (χ1n) is 2.54. The summed E-state index contributed by atoms with van der Waals surface area (Å²) in [6.07, 6.45) is -2.64. The quantitative estimate of drug-likeness (QED) is 0.578. The summed E-state index contributed by atoms with van der Waals surface area (Å²) in [5, 5.41) is 1.46. The molecule has 0 radical (unpaired) electrons.